The number of hydrogen-bond donors (Lipinski definition) is 0. The molecule has 0 N–H and O–H groups in total. The van der Waals surface area contributed by atoms with Crippen LogP contribution in [0.4, 0.5) is 10.5 Å². The quantitative estimate of drug-likeness (QED) is 0.275. The van der Waals surface area contributed by atoms with Gasteiger partial charge in [-0.25, -0.2) is 14.5 Å². The Kier molecular flexibility index (Phi) is 7.41. The van der Waals surface area contributed by atoms with E-state index in [1.807, 2.05) is 0 Å². The Bertz CT molecular complexity index is 1580. The maximum absolute atomic E-state index is 14.7. The predicted molar refractivity (Wildman–Crippen MR) is 154 cm³/mol. The molecule has 0 unspecified atom stereocenters. The summed E-state index contributed by atoms with van der Waals surface area (Å²) in [5.41, 5.74) is -1.37. The summed E-state index contributed by atoms with van der Waals surface area (Å²) in [6, 6.07) is 18.0. The van der Waals surface area contributed by atoms with Gasteiger partial charge in [0.15, 0.2) is 0 Å². The minimum atomic E-state index is -1.70. The summed E-state index contributed by atoms with van der Waals surface area (Å²) in [6.07, 6.45) is -1.32. The second kappa shape index (κ2) is 10.7. The molecule has 2 heterocycles. The molecule has 10 heteroatoms. The number of carbonyl (C=O) groups is 5. The Morgan fingerprint density at radius 3 is 2.07 bits per heavy atom. The number of benzene rings is 3. The molecule has 0 radical (unpaired) electrons. The van der Waals surface area contributed by atoms with Crippen LogP contribution in [0, 0.1) is 0 Å². The lowest BCUT2D eigenvalue weighted by atomic mass is 9.70. The van der Waals surface area contributed by atoms with Crippen LogP contribution in [-0.4, -0.2) is 52.9 Å². The van der Waals surface area contributed by atoms with E-state index < -0.39 is 53.3 Å². The molecule has 4 amide bonds. The third-order valence-electron chi connectivity index (χ3n) is 7.27. The highest BCUT2D eigenvalue weighted by atomic mass is 35.5. The summed E-state index contributed by atoms with van der Waals surface area (Å²) in [7, 11) is 0. The van der Waals surface area contributed by atoms with Gasteiger partial charge in [0.1, 0.15) is 17.1 Å². The summed E-state index contributed by atoms with van der Waals surface area (Å²) in [5, 5.41) is 0.265. The van der Waals surface area contributed by atoms with Crippen molar-refractivity contribution >= 4 is 47.1 Å². The van der Waals surface area contributed by atoms with Crippen LogP contribution in [0.3, 0.4) is 0 Å². The molecule has 3 aromatic rings. The topological polar surface area (TPSA) is 110 Å². The maximum Gasteiger partial charge on any atom is 0.421 e. The molecule has 0 fully saturated rings. The van der Waals surface area contributed by atoms with Crippen molar-refractivity contribution in [2.24, 2.45) is 0 Å². The summed E-state index contributed by atoms with van der Waals surface area (Å²) >= 11 is 6.34. The first kappa shape index (κ1) is 29.0. The first-order chi connectivity index (χ1) is 19.9. The van der Waals surface area contributed by atoms with Gasteiger partial charge in [0, 0.05) is 11.4 Å². The number of fused-ring (bicyclic) bond motifs is 2. The van der Waals surface area contributed by atoms with Gasteiger partial charge in [0.25, 0.3) is 17.7 Å². The van der Waals surface area contributed by atoms with Gasteiger partial charge in [0.05, 0.1) is 23.4 Å². The van der Waals surface area contributed by atoms with Gasteiger partial charge in [-0.1, -0.05) is 60.1 Å². The lowest BCUT2D eigenvalue weighted by Gasteiger charge is -2.35. The van der Waals surface area contributed by atoms with E-state index >= 15 is 0 Å². The number of esters is 1. The maximum atomic E-state index is 14.7. The fourth-order valence-corrected chi connectivity index (χ4v) is 5.74. The number of rotatable bonds is 6. The van der Waals surface area contributed by atoms with E-state index in [1.165, 1.54) is 18.2 Å². The van der Waals surface area contributed by atoms with E-state index in [1.54, 1.807) is 82.3 Å². The van der Waals surface area contributed by atoms with Gasteiger partial charge in [-0.3, -0.25) is 19.3 Å². The Labute approximate surface area is 248 Å². The van der Waals surface area contributed by atoms with Crippen molar-refractivity contribution in [1.29, 1.82) is 0 Å². The summed E-state index contributed by atoms with van der Waals surface area (Å²) in [6.45, 7) is 6.60. The Morgan fingerprint density at radius 2 is 1.50 bits per heavy atom. The number of ether oxygens (including phenoxy) is 2. The molecular weight excluding hydrogens is 560 g/mol. The lowest BCUT2D eigenvalue weighted by molar-refractivity contribution is -0.148. The van der Waals surface area contributed by atoms with Crippen molar-refractivity contribution in [3.63, 3.8) is 0 Å². The highest BCUT2D eigenvalue weighted by molar-refractivity contribution is 6.32. The molecule has 42 heavy (non-hydrogen) atoms. The van der Waals surface area contributed by atoms with E-state index in [9.17, 15) is 24.0 Å². The van der Waals surface area contributed by atoms with Crippen molar-refractivity contribution < 1.29 is 33.4 Å². The molecule has 0 saturated heterocycles. The minimum absolute atomic E-state index is 0.0268. The van der Waals surface area contributed by atoms with Gasteiger partial charge in [0.2, 0.25) is 0 Å². The number of hydrogen-bond acceptors (Lipinski definition) is 7. The molecule has 5 rings (SSSR count). The van der Waals surface area contributed by atoms with Crippen LogP contribution in [0.2, 0.25) is 5.02 Å². The molecule has 2 aliphatic heterocycles. The largest absolute Gasteiger partial charge is 0.464 e. The smallest absolute Gasteiger partial charge is 0.421 e. The highest BCUT2D eigenvalue weighted by Gasteiger charge is 2.58. The minimum Gasteiger partial charge on any atom is -0.464 e. The second-order valence-electron chi connectivity index (χ2n) is 11.1. The number of nitrogens with zero attached hydrogens (tertiary/aromatic N) is 2. The zero-order valence-corrected chi connectivity index (χ0v) is 24.3. The van der Waals surface area contributed by atoms with Crippen LogP contribution >= 0.6 is 11.6 Å². The molecule has 3 aromatic carbocycles. The van der Waals surface area contributed by atoms with E-state index in [2.05, 4.69) is 0 Å². The summed E-state index contributed by atoms with van der Waals surface area (Å²) < 4.78 is 11.0. The molecule has 2 atom stereocenters. The zero-order valence-electron chi connectivity index (χ0n) is 23.5. The molecule has 216 valence electrons. The van der Waals surface area contributed by atoms with Crippen molar-refractivity contribution in [2.75, 3.05) is 11.5 Å². The number of carbonyl (C=O) groups excluding carboxylic acids is 5. The number of amides is 4. The third-order valence-corrected chi connectivity index (χ3v) is 7.50. The molecule has 0 aromatic heterocycles. The molecule has 0 bridgehead atoms. The molecule has 2 aliphatic rings. The number of anilines is 1. The fourth-order valence-electron chi connectivity index (χ4n) is 5.57. The van der Waals surface area contributed by atoms with E-state index in [0.29, 0.717) is 11.1 Å². The van der Waals surface area contributed by atoms with Crippen molar-refractivity contribution in [3.8, 4) is 0 Å². The Morgan fingerprint density at radius 1 is 0.905 bits per heavy atom. The average molecular weight is 589 g/mol. The van der Waals surface area contributed by atoms with Gasteiger partial charge in [-0.05, 0) is 63.1 Å². The first-order valence-corrected chi connectivity index (χ1v) is 13.8. The lowest BCUT2D eigenvalue weighted by Crippen LogP contribution is -2.53. The van der Waals surface area contributed by atoms with Gasteiger partial charge >= 0.3 is 12.1 Å². The van der Waals surface area contributed by atoms with Crippen LogP contribution in [-0.2, 0) is 24.5 Å². The van der Waals surface area contributed by atoms with Crippen LogP contribution in [0.5, 0.6) is 0 Å². The average Bonchev–Trinajstić information content (AvgIpc) is 3.34. The van der Waals surface area contributed by atoms with Crippen LogP contribution < -0.4 is 4.90 Å². The normalized spacial score (nSPS) is 18.5. The van der Waals surface area contributed by atoms with Crippen molar-refractivity contribution in [2.45, 2.75) is 51.2 Å². The Balaban J connectivity index is 1.72. The van der Waals surface area contributed by atoms with Gasteiger partial charge in [-0.2, -0.15) is 0 Å². The van der Waals surface area contributed by atoms with Gasteiger partial charge in [-0.15, -0.1) is 0 Å². The Hall–Kier alpha value is -4.50. The predicted octanol–water partition coefficient (Wildman–Crippen LogP) is 5.53. The second-order valence-corrected chi connectivity index (χ2v) is 11.5. The highest BCUT2D eigenvalue weighted by Crippen LogP contribution is 2.51. The molecule has 0 aliphatic carbocycles. The van der Waals surface area contributed by atoms with E-state index in [-0.39, 0.29) is 28.4 Å². The summed E-state index contributed by atoms with van der Waals surface area (Å²) in [4.78, 5) is 70.7. The number of halogens is 1. The number of imide groups is 2. The van der Waals surface area contributed by atoms with Crippen molar-refractivity contribution in [1.82, 2.24) is 4.90 Å². The zero-order chi connectivity index (χ0) is 30.4. The standard InChI is InChI=1S/C32H29ClN2O7/c1-5-41-28(38)25(34-26(36)21-13-9-10-14-22(21)27(34)37)18-32(19-11-7-6-8-12-19)23-16-15-20(33)17-24(23)35(29(32)39)30(40)42-31(2,3)4/h6-17,25H,5,18H2,1-4H3/t25-,32-/m0/s1. The van der Waals surface area contributed by atoms with Crippen LogP contribution in [0.1, 0.15) is 66.0 Å². The fraction of sp³-hybridized carbons (Fsp3) is 0.281. The summed E-state index contributed by atoms with van der Waals surface area (Å²) in [5.74, 6) is -2.93. The monoisotopic (exact) mass is 588 g/mol. The molecule has 0 spiro atoms. The first-order valence-electron chi connectivity index (χ1n) is 13.5. The van der Waals surface area contributed by atoms with Crippen molar-refractivity contribution in [3.05, 3.63) is 100 Å². The van der Waals surface area contributed by atoms with E-state index in [4.69, 9.17) is 21.1 Å². The molecule has 0 saturated carbocycles. The molecule has 9 nitrogen and oxygen atoms in total. The third kappa shape index (κ3) is 4.73. The van der Waals surface area contributed by atoms with Crippen LogP contribution in [0.15, 0.2) is 72.8 Å². The van der Waals surface area contributed by atoms with Gasteiger partial charge < -0.3 is 9.47 Å². The SMILES string of the molecule is CCOC(=O)[C@H](C[C@@]1(c2ccccc2)C(=O)N(C(=O)OC(C)(C)C)c2cc(Cl)ccc21)N1C(=O)c2ccccc2C1=O. The van der Waals surface area contributed by atoms with E-state index in [0.717, 1.165) is 9.80 Å². The molecular formula is C32H29ClN2O7. The van der Waals surface area contributed by atoms with Crippen LogP contribution in [0.25, 0.3) is 0 Å².